The maximum atomic E-state index is 12.1. The molecule has 0 fully saturated rings. The molecule has 19 heavy (non-hydrogen) atoms. The highest BCUT2D eigenvalue weighted by molar-refractivity contribution is 6.24. The number of allylic oxidation sites excluding steroid dienone is 1. The molecule has 102 valence electrons. The first-order valence-electron chi connectivity index (χ1n) is 5.78. The molecule has 0 aliphatic carbocycles. The summed E-state index contributed by atoms with van der Waals surface area (Å²) in [5.41, 5.74) is 1.28. The molecule has 5 nitrogen and oxygen atoms in total. The molecule has 0 spiro atoms. The van der Waals surface area contributed by atoms with E-state index < -0.39 is 5.91 Å². The molecule has 0 unspecified atom stereocenters. The van der Waals surface area contributed by atoms with Gasteiger partial charge in [0.05, 0.1) is 12.7 Å². The number of methoxy groups -OCH3 is 1. The lowest BCUT2D eigenvalue weighted by Crippen LogP contribution is -2.20. The molecule has 1 rings (SSSR count). The Morgan fingerprint density at radius 3 is 2.26 bits per heavy atom. The standard InChI is InChI=1S/C14H18N2O3/c1-9(15-3)13(10(2)17)14(18)16-11-5-7-12(19-4)8-6-11/h5-8,17H,1-4H3,(H,16,18). The second-order valence-electron chi connectivity index (χ2n) is 3.95. The van der Waals surface area contributed by atoms with Crippen LogP contribution in [0.1, 0.15) is 13.8 Å². The highest BCUT2D eigenvalue weighted by Gasteiger charge is 2.16. The molecule has 0 aliphatic rings. The minimum atomic E-state index is -0.395. The van der Waals surface area contributed by atoms with E-state index in [1.165, 1.54) is 6.92 Å². The van der Waals surface area contributed by atoms with E-state index in [-0.39, 0.29) is 11.3 Å². The van der Waals surface area contributed by atoms with Gasteiger partial charge in [-0.1, -0.05) is 0 Å². The Hall–Kier alpha value is -2.30. The van der Waals surface area contributed by atoms with E-state index in [0.29, 0.717) is 17.1 Å². The Morgan fingerprint density at radius 1 is 1.26 bits per heavy atom. The molecule has 2 N–H and O–H groups in total. The molecule has 0 saturated heterocycles. The van der Waals surface area contributed by atoms with Crippen molar-refractivity contribution >= 4 is 17.3 Å². The van der Waals surface area contributed by atoms with Crippen LogP contribution in [0.15, 0.2) is 40.6 Å². The summed E-state index contributed by atoms with van der Waals surface area (Å²) in [6.07, 6.45) is 0. The number of rotatable bonds is 4. The van der Waals surface area contributed by atoms with Crippen molar-refractivity contribution in [3.63, 3.8) is 0 Å². The van der Waals surface area contributed by atoms with Crippen LogP contribution < -0.4 is 10.1 Å². The van der Waals surface area contributed by atoms with Crippen LogP contribution in [0.25, 0.3) is 0 Å². The second-order valence-corrected chi connectivity index (χ2v) is 3.95. The van der Waals surface area contributed by atoms with Gasteiger partial charge in [-0.05, 0) is 38.1 Å². The molecule has 1 aromatic carbocycles. The van der Waals surface area contributed by atoms with Gasteiger partial charge in [-0.3, -0.25) is 9.79 Å². The van der Waals surface area contributed by atoms with Gasteiger partial charge in [0.2, 0.25) is 0 Å². The molecular formula is C14H18N2O3. The van der Waals surface area contributed by atoms with E-state index in [1.54, 1.807) is 45.3 Å². The summed E-state index contributed by atoms with van der Waals surface area (Å²) in [6.45, 7) is 3.13. The van der Waals surface area contributed by atoms with Gasteiger partial charge < -0.3 is 15.2 Å². The zero-order valence-electron chi connectivity index (χ0n) is 11.5. The SMILES string of the molecule is CN=C(C)C(C(=O)Nc1ccc(OC)cc1)=C(C)O. The average molecular weight is 262 g/mol. The monoisotopic (exact) mass is 262 g/mol. The molecule has 0 aromatic heterocycles. The van der Waals surface area contributed by atoms with E-state index >= 15 is 0 Å². The number of aliphatic hydroxyl groups is 1. The molecule has 1 amide bonds. The van der Waals surface area contributed by atoms with Crippen molar-refractivity contribution in [2.24, 2.45) is 4.99 Å². The van der Waals surface area contributed by atoms with Crippen molar-refractivity contribution in [1.82, 2.24) is 0 Å². The Balaban J connectivity index is 2.91. The molecule has 0 saturated carbocycles. The van der Waals surface area contributed by atoms with Crippen LogP contribution in [0, 0.1) is 0 Å². The molecule has 5 heteroatoms. The number of nitrogens with one attached hydrogen (secondary N) is 1. The predicted octanol–water partition coefficient (Wildman–Crippen LogP) is 2.56. The third-order valence-corrected chi connectivity index (χ3v) is 2.63. The minimum absolute atomic E-state index is 0.0610. The van der Waals surface area contributed by atoms with Gasteiger partial charge in [-0.15, -0.1) is 0 Å². The summed E-state index contributed by atoms with van der Waals surface area (Å²) in [5, 5.41) is 12.3. The number of anilines is 1. The Kier molecular flexibility index (Phi) is 5.11. The fourth-order valence-electron chi connectivity index (χ4n) is 1.57. The normalized spacial score (nSPS) is 12.7. The number of nitrogens with zero attached hydrogens (tertiary/aromatic N) is 1. The molecule has 0 atom stereocenters. The van der Waals surface area contributed by atoms with Crippen LogP contribution in [0.2, 0.25) is 0 Å². The number of hydrogen-bond donors (Lipinski definition) is 2. The van der Waals surface area contributed by atoms with Gasteiger partial charge in [0.1, 0.15) is 11.5 Å². The van der Waals surface area contributed by atoms with E-state index in [2.05, 4.69) is 10.3 Å². The van der Waals surface area contributed by atoms with Gasteiger partial charge in [0.25, 0.3) is 5.91 Å². The fraction of sp³-hybridized carbons (Fsp3) is 0.286. The molecule has 1 aromatic rings. The first-order chi connectivity index (χ1) is 8.99. The lowest BCUT2D eigenvalue weighted by atomic mass is 10.1. The number of benzene rings is 1. The predicted molar refractivity (Wildman–Crippen MR) is 76.0 cm³/mol. The number of aliphatic hydroxyl groups excluding tert-OH is 1. The van der Waals surface area contributed by atoms with E-state index in [0.717, 1.165) is 0 Å². The third-order valence-electron chi connectivity index (χ3n) is 2.63. The molecule has 0 radical (unpaired) electrons. The minimum Gasteiger partial charge on any atom is -0.512 e. The number of amides is 1. The smallest absolute Gasteiger partial charge is 0.260 e. The zero-order chi connectivity index (χ0) is 14.4. The number of carbonyl (C=O) groups excluding carboxylic acids is 1. The quantitative estimate of drug-likeness (QED) is 0.497. The van der Waals surface area contributed by atoms with Gasteiger partial charge in [-0.25, -0.2) is 0 Å². The van der Waals surface area contributed by atoms with Crippen molar-refractivity contribution in [2.75, 3.05) is 19.5 Å². The summed E-state index contributed by atoms with van der Waals surface area (Å²) in [5.74, 6) is 0.251. The van der Waals surface area contributed by atoms with Gasteiger partial charge in [0, 0.05) is 18.4 Å². The maximum Gasteiger partial charge on any atom is 0.260 e. The van der Waals surface area contributed by atoms with E-state index in [9.17, 15) is 9.90 Å². The van der Waals surface area contributed by atoms with Crippen molar-refractivity contribution in [2.45, 2.75) is 13.8 Å². The highest BCUT2D eigenvalue weighted by Crippen LogP contribution is 2.16. The Bertz CT molecular complexity index is 512. The van der Waals surface area contributed by atoms with Gasteiger partial charge in [0.15, 0.2) is 0 Å². The summed E-state index contributed by atoms with van der Waals surface area (Å²) in [4.78, 5) is 16.0. The molecular weight excluding hydrogens is 244 g/mol. The first-order valence-corrected chi connectivity index (χ1v) is 5.78. The van der Waals surface area contributed by atoms with Crippen LogP contribution in [0.5, 0.6) is 5.75 Å². The van der Waals surface area contributed by atoms with Crippen molar-refractivity contribution in [3.05, 3.63) is 35.6 Å². The molecule has 0 aliphatic heterocycles. The van der Waals surface area contributed by atoms with Gasteiger partial charge in [-0.2, -0.15) is 0 Å². The number of ether oxygens (including phenoxy) is 1. The number of hydrogen-bond acceptors (Lipinski definition) is 4. The number of carbonyl (C=O) groups is 1. The summed E-state index contributed by atoms with van der Waals surface area (Å²) in [7, 11) is 3.14. The average Bonchev–Trinajstić information content (AvgIpc) is 2.39. The summed E-state index contributed by atoms with van der Waals surface area (Å²) in [6, 6.07) is 6.93. The van der Waals surface area contributed by atoms with E-state index in [4.69, 9.17) is 4.74 Å². The second kappa shape index (κ2) is 6.58. The van der Waals surface area contributed by atoms with Crippen LogP contribution in [-0.4, -0.2) is 30.9 Å². The molecule has 0 heterocycles. The Morgan fingerprint density at radius 2 is 1.84 bits per heavy atom. The van der Waals surface area contributed by atoms with Crippen molar-refractivity contribution in [1.29, 1.82) is 0 Å². The first kappa shape index (κ1) is 14.8. The maximum absolute atomic E-state index is 12.1. The topological polar surface area (TPSA) is 70.9 Å². The number of aliphatic imine (C=N–C) groups is 1. The lowest BCUT2D eigenvalue weighted by molar-refractivity contribution is -0.112. The zero-order valence-corrected chi connectivity index (χ0v) is 11.5. The van der Waals surface area contributed by atoms with Crippen molar-refractivity contribution < 1.29 is 14.6 Å². The van der Waals surface area contributed by atoms with Crippen LogP contribution in [-0.2, 0) is 4.79 Å². The molecule has 0 bridgehead atoms. The fourth-order valence-corrected chi connectivity index (χ4v) is 1.57. The highest BCUT2D eigenvalue weighted by atomic mass is 16.5. The third kappa shape index (κ3) is 3.84. The van der Waals surface area contributed by atoms with Crippen LogP contribution in [0.3, 0.4) is 0 Å². The van der Waals surface area contributed by atoms with Crippen LogP contribution >= 0.6 is 0 Å². The van der Waals surface area contributed by atoms with Gasteiger partial charge >= 0.3 is 0 Å². The lowest BCUT2D eigenvalue weighted by Gasteiger charge is -2.10. The largest absolute Gasteiger partial charge is 0.512 e. The van der Waals surface area contributed by atoms with Crippen molar-refractivity contribution in [3.8, 4) is 5.75 Å². The van der Waals surface area contributed by atoms with Crippen LogP contribution in [0.4, 0.5) is 5.69 Å². The van der Waals surface area contributed by atoms with E-state index in [1.807, 2.05) is 0 Å². The Labute approximate surface area is 112 Å². The summed E-state index contributed by atoms with van der Waals surface area (Å²) >= 11 is 0. The summed E-state index contributed by atoms with van der Waals surface area (Å²) < 4.78 is 5.03.